The second kappa shape index (κ2) is 4.69. The Morgan fingerprint density at radius 3 is 2.67 bits per heavy atom. The highest BCUT2D eigenvalue weighted by atomic mass is 16.2. The zero-order valence-electron chi connectivity index (χ0n) is 10.6. The highest BCUT2D eigenvalue weighted by Crippen LogP contribution is 2.33. The molecule has 4 rings (SSSR count). The Morgan fingerprint density at radius 1 is 1.33 bits per heavy atom. The first kappa shape index (κ1) is 11.7. The number of aromatic nitrogens is 1. The molecule has 4 heteroatoms. The second-order valence-corrected chi connectivity index (χ2v) is 5.69. The molecule has 4 heterocycles. The molecule has 0 aromatic carbocycles. The maximum Gasteiger partial charge on any atom is 0.279 e. The van der Waals surface area contributed by atoms with E-state index in [0.29, 0.717) is 6.54 Å². The number of rotatable bonds is 3. The minimum Gasteiger partial charge on any atom is -0.320 e. The van der Waals surface area contributed by atoms with Gasteiger partial charge in [-0.2, -0.15) is 0 Å². The molecule has 1 N–H and O–H groups in total. The van der Waals surface area contributed by atoms with Crippen LogP contribution in [0.3, 0.4) is 0 Å². The van der Waals surface area contributed by atoms with Crippen molar-refractivity contribution in [1.82, 2.24) is 4.98 Å². The van der Waals surface area contributed by atoms with E-state index in [-0.39, 0.29) is 5.91 Å². The lowest BCUT2D eigenvalue weighted by molar-refractivity contribution is -0.935. The van der Waals surface area contributed by atoms with E-state index in [1.807, 2.05) is 12.1 Å². The summed E-state index contributed by atoms with van der Waals surface area (Å²) in [5, 5.41) is 2.95. The monoisotopic (exact) mass is 246 g/mol. The van der Waals surface area contributed by atoms with E-state index in [4.69, 9.17) is 0 Å². The van der Waals surface area contributed by atoms with Gasteiger partial charge in [0.25, 0.3) is 5.91 Å². The standard InChI is InChI=1S/C14H19N3O/c18-14(16-13-2-1-6-15-10-13)11-17-7-3-12(4-8-17)5-9-17/h1-2,6,10,12H,3-5,7-9,11H2/p+1. The summed E-state index contributed by atoms with van der Waals surface area (Å²) in [4.78, 5) is 16.1. The minimum absolute atomic E-state index is 0.128. The number of hydrogen-bond acceptors (Lipinski definition) is 2. The summed E-state index contributed by atoms with van der Waals surface area (Å²) in [5.41, 5.74) is 0.799. The third-order valence-electron chi connectivity index (χ3n) is 4.46. The molecule has 1 aromatic heterocycles. The molecule has 0 saturated carbocycles. The predicted molar refractivity (Wildman–Crippen MR) is 69.9 cm³/mol. The van der Waals surface area contributed by atoms with E-state index in [2.05, 4.69) is 10.3 Å². The molecule has 18 heavy (non-hydrogen) atoms. The topological polar surface area (TPSA) is 42.0 Å². The smallest absolute Gasteiger partial charge is 0.279 e. The van der Waals surface area contributed by atoms with Gasteiger partial charge in [-0.3, -0.25) is 9.78 Å². The zero-order valence-corrected chi connectivity index (χ0v) is 10.6. The molecule has 0 radical (unpaired) electrons. The van der Waals surface area contributed by atoms with Crippen LogP contribution in [0.25, 0.3) is 0 Å². The molecule has 2 bridgehead atoms. The minimum atomic E-state index is 0.128. The normalized spacial score (nSPS) is 30.1. The fourth-order valence-corrected chi connectivity index (χ4v) is 3.32. The molecule has 3 aliphatic rings. The van der Waals surface area contributed by atoms with Gasteiger partial charge in [-0.05, 0) is 37.3 Å². The number of quaternary nitrogens is 1. The highest BCUT2D eigenvalue weighted by Gasteiger charge is 2.40. The fraction of sp³-hybridized carbons (Fsp3) is 0.571. The van der Waals surface area contributed by atoms with E-state index in [1.54, 1.807) is 12.4 Å². The van der Waals surface area contributed by atoms with Crippen molar-refractivity contribution in [2.24, 2.45) is 5.92 Å². The molecule has 0 unspecified atom stereocenters. The van der Waals surface area contributed by atoms with Crippen molar-refractivity contribution >= 4 is 11.6 Å². The predicted octanol–water partition coefficient (Wildman–Crippen LogP) is 1.65. The third-order valence-corrected chi connectivity index (χ3v) is 4.46. The Bertz CT molecular complexity index is 410. The number of pyridine rings is 1. The number of piperidine rings is 3. The van der Waals surface area contributed by atoms with Crippen molar-refractivity contribution in [3.05, 3.63) is 24.5 Å². The van der Waals surface area contributed by atoms with E-state index in [9.17, 15) is 4.79 Å². The van der Waals surface area contributed by atoms with Crippen molar-refractivity contribution in [1.29, 1.82) is 0 Å². The number of nitrogens with zero attached hydrogens (tertiary/aromatic N) is 2. The summed E-state index contributed by atoms with van der Waals surface area (Å²) in [6.45, 7) is 4.18. The molecule has 1 aromatic rings. The highest BCUT2D eigenvalue weighted by molar-refractivity contribution is 5.91. The van der Waals surface area contributed by atoms with E-state index in [0.717, 1.165) is 16.1 Å². The largest absolute Gasteiger partial charge is 0.320 e. The van der Waals surface area contributed by atoms with Crippen LogP contribution in [0.1, 0.15) is 19.3 Å². The van der Waals surface area contributed by atoms with Gasteiger partial charge in [-0.15, -0.1) is 0 Å². The van der Waals surface area contributed by atoms with Crippen LogP contribution in [0.15, 0.2) is 24.5 Å². The van der Waals surface area contributed by atoms with Crippen LogP contribution < -0.4 is 5.32 Å². The Balaban J connectivity index is 1.61. The quantitative estimate of drug-likeness (QED) is 0.824. The van der Waals surface area contributed by atoms with Crippen LogP contribution in [-0.2, 0) is 4.79 Å². The summed E-state index contributed by atoms with van der Waals surface area (Å²) in [6, 6.07) is 3.72. The first-order valence-electron chi connectivity index (χ1n) is 6.81. The maximum atomic E-state index is 12.1. The molecule has 1 amide bonds. The number of fused-ring (bicyclic) bond motifs is 3. The van der Waals surface area contributed by atoms with Crippen LogP contribution >= 0.6 is 0 Å². The second-order valence-electron chi connectivity index (χ2n) is 5.69. The lowest BCUT2D eigenvalue weighted by atomic mass is 9.86. The Kier molecular flexibility index (Phi) is 3.04. The number of nitrogens with one attached hydrogen (secondary N) is 1. The SMILES string of the molecule is O=C(C[N+]12CCC(CC1)CC2)Nc1cccnc1. The summed E-state index contributed by atoms with van der Waals surface area (Å²) in [7, 11) is 0. The van der Waals surface area contributed by atoms with Gasteiger partial charge in [0.1, 0.15) is 0 Å². The van der Waals surface area contributed by atoms with Crippen molar-refractivity contribution in [3.8, 4) is 0 Å². The van der Waals surface area contributed by atoms with E-state index < -0.39 is 0 Å². The molecular weight excluding hydrogens is 226 g/mol. The molecule has 3 fully saturated rings. The number of hydrogen-bond donors (Lipinski definition) is 1. The van der Waals surface area contributed by atoms with Gasteiger partial charge in [0, 0.05) is 6.20 Å². The van der Waals surface area contributed by atoms with Gasteiger partial charge in [0.15, 0.2) is 6.54 Å². The number of amides is 1. The molecule has 4 nitrogen and oxygen atoms in total. The van der Waals surface area contributed by atoms with Gasteiger partial charge in [0.05, 0.1) is 31.5 Å². The number of carbonyl (C=O) groups excluding carboxylic acids is 1. The van der Waals surface area contributed by atoms with Crippen molar-refractivity contribution < 1.29 is 9.28 Å². The van der Waals surface area contributed by atoms with Gasteiger partial charge in [0.2, 0.25) is 0 Å². The Morgan fingerprint density at radius 2 is 2.06 bits per heavy atom. The van der Waals surface area contributed by atoms with Crippen LogP contribution in [-0.4, -0.2) is 41.6 Å². The number of anilines is 1. The van der Waals surface area contributed by atoms with Crippen molar-refractivity contribution in [3.63, 3.8) is 0 Å². The summed E-state index contributed by atoms with van der Waals surface area (Å²) in [6.07, 6.45) is 7.33. The lowest BCUT2D eigenvalue weighted by Gasteiger charge is -2.48. The van der Waals surface area contributed by atoms with Gasteiger partial charge < -0.3 is 9.80 Å². The van der Waals surface area contributed by atoms with Gasteiger partial charge in [-0.1, -0.05) is 0 Å². The van der Waals surface area contributed by atoms with Crippen LogP contribution in [0, 0.1) is 5.92 Å². The van der Waals surface area contributed by atoms with Crippen LogP contribution in [0.4, 0.5) is 5.69 Å². The molecule has 96 valence electrons. The van der Waals surface area contributed by atoms with Crippen LogP contribution in [0.5, 0.6) is 0 Å². The Hall–Kier alpha value is -1.42. The van der Waals surface area contributed by atoms with Crippen molar-refractivity contribution in [2.75, 3.05) is 31.5 Å². The first-order valence-corrected chi connectivity index (χ1v) is 6.81. The molecular formula is C14H20N3O+. The van der Waals surface area contributed by atoms with Crippen LogP contribution in [0.2, 0.25) is 0 Å². The van der Waals surface area contributed by atoms with Gasteiger partial charge >= 0.3 is 0 Å². The lowest BCUT2D eigenvalue weighted by Crippen LogP contribution is -2.60. The summed E-state index contributed by atoms with van der Waals surface area (Å²) < 4.78 is 1.00. The molecule has 3 aliphatic heterocycles. The molecule has 3 saturated heterocycles. The molecule has 0 aliphatic carbocycles. The van der Waals surface area contributed by atoms with Crippen molar-refractivity contribution in [2.45, 2.75) is 19.3 Å². The third kappa shape index (κ3) is 2.38. The molecule has 0 spiro atoms. The molecule has 0 atom stereocenters. The number of carbonyl (C=O) groups is 1. The first-order chi connectivity index (χ1) is 8.76. The average Bonchev–Trinajstić information content (AvgIpc) is 2.41. The Labute approximate surface area is 108 Å². The maximum absolute atomic E-state index is 12.1. The summed E-state index contributed by atoms with van der Waals surface area (Å²) >= 11 is 0. The van der Waals surface area contributed by atoms with E-state index >= 15 is 0 Å². The average molecular weight is 246 g/mol. The van der Waals surface area contributed by atoms with Gasteiger partial charge in [-0.25, -0.2) is 0 Å². The fourth-order valence-electron chi connectivity index (χ4n) is 3.32. The summed E-state index contributed by atoms with van der Waals surface area (Å²) in [5.74, 6) is 1.06. The zero-order chi connectivity index (χ0) is 12.4. The van der Waals surface area contributed by atoms with E-state index in [1.165, 1.54) is 38.9 Å².